The maximum Gasteiger partial charge on any atom is 0.265 e. The molecule has 0 heterocycles. The summed E-state index contributed by atoms with van der Waals surface area (Å²) in [5.74, 6) is 0.531. The van der Waals surface area contributed by atoms with Crippen LogP contribution in [0, 0.1) is 0 Å². The smallest absolute Gasteiger partial charge is 0.265 e. The van der Waals surface area contributed by atoms with Crippen molar-refractivity contribution in [1.29, 1.82) is 0 Å². The Hall–Kier alpha value is -3.07. The first-order chi connectivity index (χ1) is 13.9. The fraction of sp³-hybridized carbons (Fsp3) is 0.269. The molecule has 0 aliphatic heterocycles. The van der Waals surface area contributed by atoms with Crippen molar-refractivity contribution in [3.63, 3.8) is 0 Å². The Kier molecular flexibility index (Phi) is 6.38. The molecule has 3 aromatic carbocycles. The Morgan fingerprint density at radius 3 is 2.14 bits per heavy atom. The number of aryl methyl sites for hydroxylation is 1. The molecular weight excluding hydrogens is 358 g/mol. The topological polar surface area (TPSA) is 38.3 Å². The van der Waals surface area contributed by atoms with Gasteiger partial charge in [0.15, 0.2) is 6.10 Å². The first kappa shape index (κ1) is 20.7. The van der Waals surface area contributed by atoms with Gasteiger partial charge in [-0.3, -0.25) is 4.79 Å². The van der Waals surface area contributed by atoms with Gasteiger partial charge in [0.25, 0.3) is 5.91 Å². The lowest BCUT2D eigenvalue weighted by molar-refractivity contribution is -0.122. The zero-order valence-corrected chi connectivity index (χ0v) is 17.6. The van der Waals surface area contributed by atoms with Crippen LogP contribution in [0.15, 0.2) is 78.9 Å². The number of anilines is 1. The largest absolute Gasteiger partial charge is 0.481 e. The van der Waals surface area contributed by atoms with Crippen LogP contribution in [0.2, 0.25) is 0 Å². The normalized spacial score (nSPS) is 12.3. The summed E-state index contributed by atoms with van der Waals surface area (Å²) in [4.78, 5) is 12.6. The lowest BCUT2D eigenvalue weighted by Gasteiger charge is -2.26. The van der Waals surface area contributed by atoms with Crippen LogP contribution < -0.4 is 10.1 Å². The lowest BCUT2D eigenvalue weighted by Crippen LogP contribution is -2.30. The number of benzene rings is 3. The summed E-state index contributed by atoms with van der Waals surface area (Å²) in [6.45, 7) is 8.26. The number of amides is 1. The van der Waals surface area contributed by atoms with E-state index < -0.39 is 6.10 Å². The molecule has 29 heavy (non-hydrogen) atoms. The van der Waals surface area contributed by atoms with Gasteiger partial charge in [-0.1, -0.05) is 81.4 Å². The number of carbonyl (C=O) groups excluding carboxylic acids is 1. The zero-order chi connectivity index (χ0) is 20.9. The minimum absolute atomic E-state index is 0.105. The van der Waals surface area contributed by atoms with E-state index in [9.17, 15) is 4.79 Å². The summed E-state index contributed by atoms with van der Waals surface area (Å²) in [6, 6.07) is 26.3. The average Bonchev–Trinajstić information content (AvgIpc) is 2.75. The van der Waals surface area contributed by atoms with Crippen LogP contribution in [0.3, 0.4) is 0 Å². The van der Waals surface area contributed by atoms with Crippen molar-refractivity contribution in [3.05, 3.63) is 95.6 Å². The average molecular weight is 388 g/mol. The molecular formula is C26H29NO2. The van der Waals surface area contributed by atoms with Crippen LogP contribution in [0.5, 0.6) is 5.75 Å². The van der Waals surface area contributed by atoms with Crippen LogP contribution in [0.1, 0.15) is 44.4 Å². The number of rotatable bonds is 7. The van der Waals surface area contributed by atoms with Crippen LogP contribution >= 0.6 is 0 Å². The lowest BCUT2D eigenvalue weighted by atomic mass is 9.78. The Morgan fingerprint density at radius 2 is 1.48 bits per heavy atom. The van der Waals surface area contributed by atoms with Crippen LogP contribution in [-0.2, 0) is 16.6 Å². The van der Waals surface area contributed by atoms with Gasteiger partial charge < -0.3 is 10.1 Å². The van der Waals surface area contributed by atoms with E-state index in [1.165, 1.54) is 11.1 Å². The molecule has 3 heteroatoms. The standard InChI is InChI=1S/C26H29NO2/c1-5-20-11-9-10-14-24(20)27-25(28)19(2)29-23-17-15-22(16-18-23)26(3,4)21-12-7-6-8-13-21/h6-19H,5H2,1-4H3,(H,27,28). The van der Waals surface area contributed by atoms with E-state index in [-0.39, 0.29) is 11.3 Å². The highest BCUT2D eigenvalue weighted by atomic mass is 16.5. The van der Waals surface area contributed by atoms with Crippen molar-refractivity contribution in [3.8, 4) is 5.75 Å². The highest BCUT2D eigenvalue weighted by molar-refractivity contribution is 5.94. The van der Waals surface area contributed by atoms with Crippen LogP contribution in [0.4, 0.5) is 5.69 Å². The Morgan fingerprint density at radius 1 is 0.897 bits per heavy atom. The maximum absolute atomic E-state index is 12.6. The number of hydrogen-bond acceptors (Lipinski definition) is 2. The predicted molar refractivity (Wildman–Crippen MR) is 120 cm³/mol. The first-order valence-electron chi connectivity index (χ1n) is 10.1. The van der Waals surface area contributed by atoms with Gasteiger partial charge in [0.2, 0.25) is 0 Å². The molecule has 0 fully saturated rings. The quantitative estimate of drug-likeness (QED) is 0.541. The second kappa shape index (κ2) is 8.95. The molecule has 0 radical (unpaired) electrons. The van der Waals surface area contributed by atoms with Gasteiger partial charge in [0.05, 0.1) is 0 Å². The monoisotopic (exact) mass is 387 g/mol. The number of carbonyl (C=O) groups is 1. The molecule has 0 aliphatic rings. The molecule has 0 aromatic heterocycles. The summed E-state index contributed by atoms with van der Waals surface area (Å²) >= 11 is 0. The van der Waals surface area contributed by atoms with E-state index in [0.717, 1.165) is 17.7 Å². The third kappa shape index (κ3) is 4.86. The SMILES string of the molecule is CCc1ccccc1NC(=O)C(C)Oc1ccc(C(C)(C)c2ccccc2)cc1. The van der Waals surface area contributed by atoms with E-state index in [4.69, 9.17) is 4.74 Å². The van der Waals surface area contributed by atoms with Gasteiger partial charge in [0, 0.05) is 11.1 Å². The fourth-order valence-electron chi connectivity index (χ4n) is 3.41. The maximum atomic E-state index is 12.6. The molecule has 0 spiro atoms. The zero-order valence-electron chi connectivity index (χ0n) is 17.6. The molecule has 1 unspecified atom stereocenters. The van der Waals surface area contributed by atoms with E-state index >= 15 is 0 Å². The molecule has 3 rings (SSSR count). The Bertz CT molecular complexity index is 946. The predicted octanol–water partition coefficient (Wildman–Crippen LogP) is 5.98. The van der Waals surface area contributed by atoms with E-state index in [0.29, 0.717) is 5.75 Å². The molecule has 3 aromatic rings. The van der Waals surface area contributed by atoms with Crippen molar-refractivity contribution in [1.82, 2.24) is 0 Å². The minimum atomic E-state index is -0.590. The molecule has 0 saturated heterocycles. The van der Waals surface area contributed by atoms with Gasteiger partial charge in [-0.25, -0.2) is 0 Å². The summed E-state index contributed by atoms with van der Waals surface area (Å²) in [5, 5.41) is 2.97. The number of nitrogens with one attached hydrogen (secondary N) is 1. The Balaban J connectivity index is 1.67. The third-order valence-electron chi connectivity index (χ3n) is 5.41. The summed E-state index contributed by atoms with van der Waals surface area (Å²) in [7, 11) is 0. The summed E-state index contributed by atoms with van der Waals surface area (Å²) in [5.41, 5.74) is 4.31. The van der Waals surface area contributed by atoms with Gasteiger partial charge in [-0.2, -0.15) is 0 Å². The number of ether oxygens (including phenoxy) is 1. The number of hydrogen-bond donors (Lipinski definition) is 1. The number of para-hydroxylation sites is 1. The van der Waals surface area contributed by atoms with Crippen molar-refractivity contribution < 1.29 is 9.53 Å². The minimum Gasteiger partial charge on any atom is -0.481 e. The Labute approximate surface area is 173 Å². The molecule has 3 nitrogen and oxygen atoms in total. The van der Waals surface area contributed by atoms with Crippen molar-refractivity contribution in [2.24, 2.45) is 0 Å². The third-order valence-corrected chi connectivity index (χ3v) is 5.41. The first-order valence-corrected chi connectivity index (χ1v) is 10.1. The molecule has 0 bridgehead atoms. The van der Waals surface area contributed by atoms with Gasteiger partial charge >= 0.3 is 0 Å². The molecule has 0 saturated carbocycles. The second-order valence-electron chi connectivity index (χ2n) is 7.78. The highest BCUT2D eigenvalue weighted by Crippen LogP contribution is 2.32. The van der Waals surface area contributed by atoms with Gasteiger partial charge in [-0.15, -0.1) is 0 Å². The molecule has 0 aliphatic carbocycles. The molecule has 1 amide bonds. The highest BCUT2D eigenvalue weighted by Gasteiger charge is 2.23. The molecule has 1 atom stereocenters. The van der Waals surface area contributed by atoms with Gasteiger partial charge in [-0.05, 0) is 48.2 Å². The molecule has 150 valence electrons. The summed E-state index contributed by atoms with van der Waals surface area (Å²) in [6.07, 6.45) is 0.276. The van der Waals surface area contributed by atoms with Crippen molar-refractivity contribution >= 4 is 11.6 Å². The van der Waals surface area contributed by atoms with Gasteiger partial charge in [0.1, 0.15) is 5.75 Å². The van der Waals surface area contributed by atoms with E-state index in [2.05, 4.69) is 62.5 Å². The van der Waals surface area contributed by atoms with E-state index in [1.807, 2.05) is 42.5 Å². The van der Waals surface area contributed by atoms with Crippen LogP contribution in [-0.4, -0.2) is 12.0 Å². The van der Waals surface area contributed by atoms with Crippen molar-refractivity contribution in [2.75, 3.05) is 5.32 Å². The second-order valence-corrected chi connectivity index (χ2v) is 7.78. The van der Waals surface area contributed by atoms with Crippen LogP contribution in [0.25, 0.3) is 0 Å². The van der Waals surface area contributed by atoms with E-state index in [1.54, 1.807) is 6.92 Å². The fourth-order valence-corrected chi connectivity index (χ4v) is 3.41. The summed E-state index contributed by atoms with van der Waals surface area (Å²) < 4.78 is 5.88. The molecule has 1 N–H and O–H groups in total. The van der Waals surface area contributed by atoms with Crippen molar-refractivity contribution in [2.45, 2.75) is 45.6 Å².